The van der Waals surface area contributed by atoms with E-state index in [1.807, 2.05) is 0 Å². The topological polar surface area (TPSA) is 66.8 Å². The van der Waals surface area contributed by atoms with Crippen LogP contribution in [0, 0.1) is 5.41 Å². The molecule has 2 fully saturated rings. The largest absolute Gasteiger partial charge is 0.480 e. The van der Waals surface area contributed by atoms with Crippen molar-refractivity contribution in [3.05, 3.63) is 0 Å². The Morgan fingerprint density at radius 3 is 2.32 bits per heavy atom. The van der Waals surface area contributed by atoms with E-state index >= 15 is 0 Å². The minimum Gasteiger partial charge on any atom is -0.480 e. The summed E-state index contributed by atoms with van der Waals surface area (Å²) in [5, 5.41) is 9.33. The van der Waals surface area contributed by atoms with Crippen LogP contribution in [0.1, 0.15) is 52.9 Å². The summed E-state index contributed by atoms with van der Waals surface area (Å²) >= 11 is 0. The standard InChI is InChI=1S/C14H23NO4/c1-13(2,3)19-12(18)15-9-14(6-4-5-7-14)8-10(15)11(16)17/h10H,4-9H2,1-3H3,(H,16,17)/t10-/m0/s1. The van der Waals surface area contributed by atoms with Gasteiger partial charge in [0.15, 0.2) is 0 Å². The Kier molecular flexibility index (Phi) is 3.49. The summed E-state index contributed by atoms with van der Waals surface area (Å²) in [6.45, 7) is 5.91. The Bertz CT molecular complexity index is 379. The van der Waals surface area contributed by atoms with Crippen LogP contribution in [-0.2, 0) is 9.53 Å². The van der Waals surface area contributed by atoms with Crippen LogP contribution < -0.4 is 0 Å². The second kappa shape index (κ2) is 4.69. The van der Waals surface area contributed by atoms with E-state index in [0.717, 1.165) is 25.7 Å². The number of carboxylic acids is 1. The minimum atomic E-state index is -0.922. The highest BCUT2D eigenvalue weighted by molar-refractivity contribution is 5.81. The number of rotatable bonds is 1. The van der Waals surface area contributed by atoms with Gasteiger partial charge in [0.1, 0.15) is 11.6 Å². The molecule has 0 aromatic rings. The van der Waals surface area contributed by atoms with Crippen molar-refractivity contribution < 1.29 is 19.4 Å². The van der Waals surface area contributed by atoms with E-state index in [2.05, 4.69) is 0 Å². The molecule has 2 aliphatic rings. The molecule has 1 N–H and O–H groups in total. The van der Waals surface area contributed by atoms with Crippen LogP contribution in [0.5, 0.6) is 0 Å². The number of carboxylic acid groups (broad SMARTS) is 1. The lowest BCUT2D eigenvalue weighted by molar-refractivity contribution is -0.142. The van der Waals surface area contributed by atoms with Crippen molar-refractivity contribution in [2.75, 3.05) is 6.54 Å². The third-order valence-electron chi connectivity index (χ3n) is 4.09. The van der Waals surface area contributed by atoms with Gasteiger partial charge in [-0.15, -0.1) is 0 Å². The zero-order valence-electron chi connectivity index (χ0n) is 11.9. The van der Waals surface area contributed by atoms with Crippen molar-refractivity contribution in [1.29, 1.82) is 0 Å². The highest BCUT2D eigenvalue weighted by Crippen LogP contribution is 2.48. The van der Waals surface area contributed by atoms with Gasteiger partial charge >= 0.3 is 12.1 Å². The lowest BCUT2D eigenvalue weighted by Gasteiger charge is -2.27. The predicted octanol–water partition coefficient (Wildman–Crippen LogP) is 2.64. The predicted molar refractivity (Wildman–Crippen MR) is 69.9 cm³/mol. The summed E-state index contributed by atoms with van der Waals surface area (Å²) in [6.07, 6.45) is 4.39. The molecule has 1 aliphatic heterocycles. The van der Waals surface area contributed by atoms with Crippen molar-refractivity contribution in [2.45, 2.75) is 64.5 Å². The van der Waals surface area contributed by atoms with Gasteiger partial charge in [0.05, 0.1) is 0 Å². The Morgan fingerprint density at radius 2 is 1.84 bits per heavy atom. The molecule has 1 saturated carbocycles. The quantitative estimate of drug-likeness (QED) is 0.794. The Hall–Kier alpha value is -1.26. The Labute approximate surface area is 113 Å². The maximum Gasteiger partial charge on any atom is 0.411 e. The van der Waals surface area contributed by atoms with Crippen LogP contribution in [0.3, 0.4) is 0 Å². The van der Waals surface area contributed by atoms with Crippen LogP contribution in [0.25, 0.3) is 0 Å². The maximum atomic E-state index is 12.2. The zero-order valence-corrected chi connectivity index (χ0v) is 11.9. The van der Waals surface area contributed by atoms with Gasteiger partial charge in [-0.1, -0.05) is 12.8 Å². The number of ether oxygens (including phenoxy) is 1. The van der Waals surface area contributed by atoms with E-state index in [4.69, 9.17) is 4.74 Å². The number of hydrogen-bond acceptors (Lipinski definition) is 3. The molecule has 108 valence electrons. The van der Waals surface area contributed by atoms with Crippen molar-refractivity contribution >= 4 is 12.1 Å². The molecule has 0 bridgehead atoms. The summed E-state index contributed by atoms with van der Waals surface area (Å²) < 4.78 is 5.33. The molecule has 1 spiro atoms. The molecular weight excluding hydrogens is 246 g/mol. The minimum absolute atomic E-state index is 0.0139. The van der Waals surface area contributed by atoms with Gasteiger partial charge in [-0.2, -0.15) is 0 Å². The third kappa shape index (κ3) is 3.01. The van der Waals surface area contributed by atoms with Gasteiger partial charge in [0.25, 0.3) is 0 Å². The van der Waals surface area contributed by atoms with Crippen molar-refractivity contribution in [2.24, 2.45) is 5.41 Å². The van der Waals surface area contributed by atoms with Gasteiger partial charge in [-0.3, -0.25) is 4.90 Å². The normalized spacial score (nSPS) is 25.8. The van der Waals surface area contributed by atoms with Crippen LogP contribution >= 0.6 is 0 Å². The van der Waals surface area contributed by atoms with E-state index in [9.17, 15) is 14.7 Å². The van der Waals surface area contributed by atoms with Crippen LogP contribution in [-0.4, -0.2) is 40.3 Å². The van der Waals surface area contributed by atoms with Gasteiger partial charge in [0.2, 0.25) is 0 Å². The summed E-state index contributed by atoms with van der Waals surface area (Å²) in [7, 11) is 0. The molecule has 0 aromatic heterocycles. The summed E-state index contributed by atoms with van der Waals surface area (Å²) in [5.41, 5.74) is -0.578. The zero-order chi connectivity index (χ0) is 14.3. The molecule has 0 radical (unpaired) electrons. The van der Waals surface area contributed by atoms with Crippen LogP contribution in [0.15, 0.2) is 0 Å². The van der Waals surface area contributed by atoms with Crippen LogP contribution in [0.4, 0.5) is 4.79 Å². The van der Waals surface area contributed by atoms with E-state index in [1.54, 1.807) is 20.8 Å². The fourth-order valence-electron chi connectivity index (χ4n) is 3.28. The first-order valence-corrected chi connectivity index (χ1v) is 6.95. The third-order valence-corrected chi connectivity index (χ3v) is 4.09. The molecule has 5 nitrogen and oxygen atoms in total. The molecular formula is C14H23NO4. The number of likely N-dealkylation sites (tertiary alicyclic amines) is 1. The number of hydrogen-bond donors (Lipinski definition) is 1. The second-order valence-corrected chi connectivity index (χ2v) is 6.87. The van der Waals surface area contributed by atoms with Crippen molar-refractivity contribution in [3.8, 4) is 0 Å². The van der Waals surface area contributed by atoms with Gasteiger partial charge in [-0.05, 0) is 45.4 Å². The molecule has 19 heavy (non-hydrogen) atoms. The first-order valence-electron chi connectivity index (χ1n) is 6.95. The van der Waals surface area contributed by atoms with Crippen LogP contribution in [0.2, 0.25) is 0 Å². The number of carbonyl (C=O) groups is 2. The Balaban J connectivity index is 2.13. The smallest absolute Gasteiger partial charge is 0.411 e. The number of aliphatic carboxylic acids is 1. The fourth-order valence-corrected chi connectivity index (χ4v) is 3.28. The van der Waals surface area contributed by atoms with E-state index < -0.39 is 23.7 Å². The number of nitrogens with zero attached hydrogens (tertiary/aromatic N) is 1. The molecule has 1 aliphatic carbocycles. The first-order chi connectivity index (χ1) is 8.72. The number of amides is 1. The average molecular weight is 269 g/mol. The molecule has 1 atom stereocenters. The molecule has 5 heteroatoms. The lowest BCUT2D eigenvalue weighted by atomic mass is 9.84. The monoisotopic (exact) mass is 269 g/mol. The first kappa shape index (κ1) is 14.2. The molecule has 1 amide bonds. The SMILES string of the molecule is CC(C)(C)OC(=O)N1CC2(CCCC2)C[C@H]1C(=O)O. The van der Waals surface area contributed by atoms with Crippen molar-refractivity contribution in [1.82, 2.24) is 4.90 Å². The van der Waals surface area contributed by atoms with Gasteiger partial charge < -0.3 is 9.84 Å². The van der Waals surface area contributed by atoms with E-state index in [0.29, 0.717) is 13.0 Å². The summed E-state index contributed by atoms with van der Waals surface area (Å²) in [4.78, 5) is 24.9. The molecule has 1 heterocycles. The number of carbonyl (C=O) groups excluding carboxylic acids is 1. The van der Waals surface area contributed by atoms with Gasteiger partial charge in [0, 0.05) is 6.54 Å². The summed E-state index contributed by atoms with van der Waals surface area (Å²) in [6, 6.07) is -0.729. The highest BCUT2D eigenvalue weighted by Gasteiger charge is 2.50. The lowest BCUT2D eigenvalue weighted by Crippen LogP contribution is -2.43. The molecule has 0 unspecified atom stereocenters. The fraction of sp³-hybridized carbons (Fsp3) is 0.857. The van der Waals surface area contributed by atoms with E-state index in [-0.39, 0.29) is 5.41 Å². The molecule has 1 saturated heterocycles. The summed E-state index contributed by atoms with van der Waals surface area (Å²) in [5.74, 6) is -0.922. The average Bonchev–Trinajstić information content (AvgIpc) is 2.84. The van der Waals surface area contributed by atoms with Crippen molar-refractivity contribution in [3.63, 3.8) is 0 Å². The van der Waals surface area contributed by atoms with Gasteiger partial charge in [-0.25, -0.2) is 9.59 Å². The second-order valence-electron chi connectivity index (χ2n) is 6.87. The molecule has 0 aromatic carbocycles. The highest BCUT2D eigenvalue weighted by atomic mass is 16.6. The Morgan fingerprint density at radius 1 is 1.26 bits per heavy atom. The molecule has 2 rings (SSSR count). The maximum absolute atomic E-state index is 12.2. The van der Waals surface area contributed by atoms with E-state index in [1.165, 1.54) is 4.90 Å².